The van der Waals surface area contributed by atoms with Gasteiger partial charge in [-0.15, -0.1) is 0 Å². The van der Waals surface area contributed by atoms with Crippen LogP contribution in [-0.4, -0.2) is 30.3 Å². The lowest BCUT2D eigenvalue weighted by Gasteiger charge is -2.35. The second-order valence-electron chi connectivity index (χ2n) is 9.29. The van der Waals surface area contributed by atoms with Gasteiger partial charge >= 0.3 is 0 Å². The molecule has 1 aliphatic heterocycles. The van der Waals surface area contributed by atoms with Gasteiger partial charge in [-0.1, -0.05) is 76.6 Å². The van der Waals surface area contributed by atoms with E-state index in [-0.39, 0.29) is 11.9 Å². The summed E-state index contributed by atoms with van der Waals surface area (Å²) in [6.07, 6.45) is 10.3. The number of carbonyl (C=O) groups excluding carboxylic acids is 1. The monoisotopic (exact) mass is 467 g/mol. The summed E-state index contributed by atoms with van der Waals surface area (Å²) < 4.78 is 11.8. The van der Waals surface area contributed by atoms with Gasteiger partial charge in [0.15, 0.2) is 0 Å². The van der Waals surface area contributed by atoms with E-state index in [0.29, 0.717) is 26.1 Å². The van der Waals surface area contributed by atoms with Crippen molar-refractivity contribution in [3.8, 4) is 11.5 Å². The molecule has 2 aromatic rings. The lowest BCUT2D eigenvalue weighted by atomic mass is 9.79. The Bertz CT molecular complexity index is 805. The van der Waals surface area contributed by atoms with Gasteiger partial charge in [0, 0.05) is 6.42 Å². The average Bonchev–Trinajstić information content (AvgIpc) is 3.31. The molecule has 186 valence electrons. The molecule has 2 aromatic carbocycles. The summed E-state index contributed by atoms with van der Waals surface area (Å²) in [6, 6.07) is 14.9. The first-order chi connectivity index (χ1) is 16.6. The first-order valence-corrected chi connectivity index (χ1v) is 13.1. The molecule has 5 heteroatoms. The SMILES string of the molecule is CCCCCCOc1ccc(C(O)(c2ccc(OCCCCCC)cc2)[C@@H]2CCC(=O)N2)cc1. The molecule has 1 amide bonds. The Morgan fingerprint density at radius 1 is 0.794 bits per heavy atom. The van der Waals surface area contributed by atoms with Gasteiger partial charge in [0.05, 0.1) is 19.3 Å². The van der Waals surface area contributed by atoms with E-state index in [1.54, 1.807) is 0 Å². The van der Waals surface area contributed by atoms with Crippen molar-refractivity contribution in [1.29, 1.82) is 0 Å². The molecular weight excluding hydrogens is 426 g/mol. The summed E-state index contributed by atoms with van der Waals surface area (Å²) in [7, 11) is 0. The Labute approximate surface area is 204 Å². The van der Waals surface area contributed by atoms with Crippen molar-refractivity contribution in [1.82, 2.24) is 5.32 Å². The van der Waals surface area contributed by atoms with Crippen LogP contribution in [0.5, 0.6) is 11.5 Å². The van der Waals surface area contributed by atoms with E-state index in [0.717, 1.165) is 35.5 Å². The number of hydrogen-bond acceptors (Lipinski definition) is 4. The number of carbonyl (C=O) groups is 1. The molecule has 1 saturated heterocycles. The topological polar surface area (TPSA) is 67.8 Å². The summed E-state index contributed by atoms with van der Waals surface area (Å²) in [4.78, 5) is 12.0. The highest BCUT2D eigenvalue weighted by atomic mass is 16.5. The summed E-state index contributed by atoms with van der Waals surface area (Å²) in [6.45, 7) is 5.79. The Balaban J connectivity index is 1.72. The predicted molar refractivity (Wildman–Crippen MR) is 136 cm³/mol. The van der Waals surface area contributed by atoms with Gasteiger partial charge in [-0.2, -0.15) is 0 Å². The molecule has 0 aliphatic carbocycles. The summed E-state index contributed by atoms with van der Waals surface area (Å²) in [5.74, 6) is 1.57. The van der Waals surface area contributed by atoms with Crippen molar-refractivity contribution in [2.24, 2.45) is 0 Å². The smallest absolute Gasteiger partial charge is 0.220 e. The zero-order valence-electron chi connectivity index (χ0n) is 20.9. The highest BCUT2D eigenvalue weighted by Gasteiger charge is 2.43. The quantitative estimate of drug-likeness (QED) is 0.310. The number of rotatable bonds is 15. The minimum atomic E-state index is -1.33. The number of hydrogen-bond donors (Lipinski definition) is 2. The van der Waals surface area contributed by atoms with E-state index in [1.165, 1.54) is 38.5 Å². The van der Waals surface area contributed by atoms with Crippen LogP contribution >= 0.6 is 0 Å². The Kier molecular flexibility index (Phi) is 10.3. The highest BCUT2D eigenvalue weighted by molar-refractivity contribution is 5.79. The third-order valence-electron chi connectivity index (χ3n) is 6.62. The molecular formula is C29H41NO4. The Hall–Kier alpha value is -2.53. The fraction of sp³-hybridized carbons (Fsp3) is 0.552. The third kappa shape index (κ3) is 6.99. The fourth-order valence-electron chi connectivity index (χ4n) is 4.54. The highest BCUT2D eigenvalue weighted by Crippen LogP contribution is 2.38. The number of amides is 1. The van der Waals surface area contributed by atoms with E-state index in [2.05, 4.69) is 19.2 Å². The van der Waals surface area contributed by atoms with Crippen LogP contribution in [0.3, 0.4) is 0 Å². The van der Waals surface area contributed by atoms with E-state index >= 15 is 0 Å². The number of nitrogens with one attached hydrogen (secondary N) is 1. The van der Waals surface area contributed by atoms with E-state index in [1.807, 2.05) is 48.5 Å². The zero-order valence-corrected chi connectivity index (χ0v) is 20.9. The third-order valence-corrected chi connectivity index (χ3v) is 6.62. The molecule has 1 fully saturated rings. The number of aliphatic hydroxyl groups is 1. The molecule has 0 radical (unpaired) electrons. The van der Waals surface area contributed by atoms with Crippen LogP contribution in [0.15, 0.2) is 48.5 Å². The first-order valence-electron chi connectivity index (χ1n) is 13.1. The van der Waals surface area contributed by atoms with Gasteiger partial charge in [-0.05, 0) is 54.7 Å². The maximum Gasteiger partial charge on any atom is 0.220 e. The number of unbranched alkanes of at least 4 members (excludes halogenated alkanes) is 6. The lowest BCUT2D eigenvalue weighted by Crippen LogP contribution is -2.47. The molecule has 0 unspecified atom stereocenters. The maximum atomic E-state index is 12.0. The van der Waals surface area contributed by atoms with Gasteiger partial charge < -0.3 is 19.9 Å². The molecule has 34 heavy (non-hydrogen) atoms. The standard InChI is InChI=1S/C29H41NO4/c1-3-5-7-9-21-33-25-15-11-23(12-16-25)29(32,27-19-20-28(31)30-27)24-13-17-26(18-14-24)34-22-10-8-6-4-2/h11-18,27,32H,3-10,19-22H2,1-2H3,(H,30,31)/t27-/m0/s1. The molecule has 3 rings (SSSR count). The first kappa shape index (κ1) is 26.1. The van der Waals surface area contributed by atoms with Crippen molar-refractivity contribution in [3.05, 3.63) is 59.7 Å². The molecule has 2 N–H and O–H groups in total. The molecule has 0 aromatic heterocycles. The predicted octanol–water partition coefficient (Wildman–Crippen LogP) is 6.12. The molecule has 0 saturated carbocycles. The van der Waals surface area contributed by atoms with E-state index in [9.17, 15) is 9.90 Å². The second kappa shape index (κ2) is 13.4. The van der Waals surface area contributed by atoms with Gasteiger partial charge in [0.2, 0.25) is 5.91 Å². The van der Waals surface area contributed by atoms with Crippen LogP contribution in [0.2, 0.25) is 0 Å². The largest absolute Gasteiger partial charge is 0.494 e. The van der Waals surface area contributed by atoms with Crippen LogP contribution in [0, 0.1) is 0 Å². The molecule has 1 heterocycles. The van der Waals surface area contributed by atoms with Crippen LogP contribution in [0.25, 0.3) is 0 Å². The Morgan fingerprint density at radius 3 is 1.65 bits per heavy atom. The van der Waals surface area contributed by atoms with Crippen molar-refractivity contribution < 1.29 is 19.4 Å². The average molecular weight is 468 g/mol. The minimum absolute atomic E-state index is 0.0255. The van der Waals surface area contributed by atoms with Crippen LogP contribution in [0.1, 0.15) is 89.2 Å². The fourth-order valence-corrected chi connectivity index (χ4v) is 4.54. The normalized spacial score (nSPS) is 15.9. The Morgan fingerprint density at radius 2 is 1.26 bits per heavy atom. The van der Waals surface area contributed by atoms with Gasteiger partial charge in [0.25, 0.3) is 0 Å². The second-order valence-corrected chi connectivity index (χ2v) is 9.29. The van der Waals surface area contributed by atoms with Crippen molar-refractivity contribution in [2.75, 3.05) is 13.2 Å². The molecule has 1 aliphatic rings. The summed E-state index contributed by atoms with van der Waals surface area (Å²) in [5, 5.41) is 15.0. The van der Waals surface area contributed by atoms with Gasteiger partial charge in [-0.3, -0.25) is 4.79 Å². The van der Waals surface area contributed by atoms with Crippen molar-refractivity contribution in [2.45, 2.75) is 89.7 Å². The summed E-state index contributed by atoms with van der Waals surface area (Å²) >= 11 is 0. The zero-order chi connectivity index (χ0) is 24.2. The van der Waals surface area contributed by atoms with Crippen LogP contribution in [0.4, 0.5) is 0 Å². The van der Waals surface area contributed by atoms with Crippen molar-refractivity contribution in [3.63, 3.8) is 0 Å². The van der Waals surface area contributed by atoms with Crippen molar-refractivity contribution >= 4 is 5.91 Å². The lowest BCUT2D eigenvalue weighted by molar-refractivity contribution is -0.120. The summed E-state index contributed by atoms with van der Waals surface area (Å²) in [5.41, 5.74) is 0.156. The molecule has 1 atom stereocenters. The number of benzene rings is 2. The molecule has 0 spiro atoms. The molecule has 5 nitrogen and oxygen atoms in total. The van der Waals surface area contributed by atoms with Crippen LogP contribution in [-0.2, 0) is 10.4 Å². The maximum absolute atomic E-state index is 12.0. The van der Waals surface area contributed by atoms with Gasteiger partial charge in [0.1, 0.15) is 17.1 Å². The van der Waals surface area contributed by atoms with E-state index < -0.39 is 5.60 Å². The minimum Gasteiger partial charge on any atom is -0.494 e. The molecule has 0 bridgehead atoms. The van der Waals surface area contributed by atoms with Gasteiger partial charge in [-0.25, -0.2) is 0 Å². The van der Waals surface area contributed by atoms with Crippen LogP contribution < -0.4 is 14.8 Å². The van der Waals surface area contributed by atoms with E-state index in [4.69, 9.17) is 9.47 Å². The number of ether oxygens (including phenoxy) is 2.